The maximum absolute atomic E-state index is 11.7. The molecule has 0 unspecified atom stereocenters. The summed E-state index contributed by atoms with van der Waals surface area (Å²) in [6.07, 6.45) is 1.05. The van der Waals surface area contributed by atoms with Crippen molar-refractivity contribution < 1.29 is 4.79 Å². The second kappa shape index (κ2) is 6.90. The van der Waals surface area contributed by atoms with Crippen molar-refractivity contribution in [1.29, 1.82) is 0 Å². The van der Waals surface area contributed by atoms with Crippen molar-refractivity contribution in [3.63, 3.8) is 0 Å². The van der Waals surface area contributed by atoms with E-state index in [1.54, 1.807) is 4.90 Å². The Morgan fingerprint density at radius 3 is 2.90 bits per heavy atom. The van der Waals surface area contributed by atoms with E-state index < -0.39 is 0 Å². The van der Waals surface area contributed by atoms with Gasteiger partial charge in [0.1, 0.15) is 5.82 Å². The van der Waals surface area contributed by atoms with Gasteiger partial charge in [0.25, 0.3) is 0 Å². The van der Waals surface area contributed by atoms with Gasteiger partial charge in [0.15, 0.2) is 0 Å². The average molecular weight is 297 g/mol. The van der Waals surface area contributed by atoms with Gasteiger partial charge in [-0.3, -0.25) is 9.69 Å². The van der Waals surface area contributed by atoms with Crippen molar-refractivity contribution in [3.8, 4) is 0 Å². The molecular formula is C14H21ClN4O. The molecule has 1 amide bonds. The minimum atomic E-state index is 0.146. The summed E-state index contributed by atoms with van der Waals surface area (Å²) in [5.74, 6) is 0.985. The fourth-order valence-electron chi connectivity index (χ4n) is 2.10. The molecule has 2 heterocycles. The summed E-state index contributed by atoms with van der Waals surface area (Å²) in [5, 5.41) is 3.90. The van der Waals surface area contributed by atoms with Crippen molar-refractivity contribution in [2.75, 3.05) is 38.5 Å². The van der Waals surface area contributed by atoms with E-state index in [2.05, 4.69) is 22.1 Å². The van der Waals surface area contributed by atoms with Crippen LogP contribution in [0.5, 0.6) is 0 Å². The number of carbonyl (C=O) groups is 1. The zero-order valence-corrected chi connectivity index (χ0v) is 12.8. The Labute approximate surface area is 124 Å². The first-order valence-corrected chi connectivity index (χ1v) is 7.33. The topological polar surface area (TPSA) is 48.5 Å². The molecule has 0 atom stereocenters. The number of amides is 1. The Morgan fingerprint density at radius 2 is 2.20 bits per heavy atom. The molecule has 1 aliphatic rings. The van der Waals surface area contributed by atoms with Gasteiger partial charge < -0.3 is 10.2 Å². The molecule has 110 valence electrons. The molecule has 0 radical (unpaired) electrons. The van der Waals surface area contributed by atoms with Crippen LogP contribution in [0.2, 0.25) is 5.02 Å². The van der Waals surface area contributed by atoms with Crippen LogP contribution >= 0.6 is 11.6 Å². The fraction of sp³-hybridized carbons (Fsp3) is 0.571. The Kier molecular flexibility index (Phi) is 5.20. The Hall–Kier alpha value is -1.33. The number of piperazine rings is 1. The smallest absolute Gasteiger partial charge is 0.236 e. The standard InChI is InChI=1S/C14H21ClN4O/c1-3-6-16-13-5-4-11(15)12(17-13)9-19-8-7-18(2)14(20)10-19/h4-5H,3,6-10H2,1-2H3,(H,16,17). The van der Waals surface area contributed by atoms with E-state index in [1.807, 2.05) is 19.2 Å². The molecule has 6 heteroatoms. The van der Waals surface area contributed by atoms with E-state index in [4.69, 9.17) is 11.6 Å². The minimum Gasteiger partial charge on any atom is -0.370 e. The van der Waals surface area contributed by atoms with Crippen LogP contribution < -0.4 is 5.32 Å². The minimum absolute atomic E-state index is 0.146. The summed E-state index contributed by atoms with van der Waals surface area (Å²) in [5.41, 5.74) is 0.824. The molecule has 20 heavy (non-hydrogen) atoms. The summed E-state index contributed by atoms with van der Waals surface area (Å²) < 4.78 is 0. The van der Waals surface area contributed by atoms with Crippen LogP contribution in [0, 0.1) is 0 Å². The van der Waals surface area contributed by atoms with Crippen molar-refractivity contribution in [2.24, 2.45) is 0 Å². The molecule has 1 fully saturated rings. The number of nitrogens with zero attached hydrogens (tertiary/aromatic N) is 3. The quantitative estimate of drug-likeness (QED) is 0.900. The van der Waals surface area contributed by atoms with Gasteiger partial charge in [0, 0.05) is 33.2 Å². The number of rotatable bonds is 5. The van der Waals surface area contributed by atoms with Gasteiger partial charge in [-0.25, -0.2) is 4.98 Å². The van der Waals surface area contributed by atoms with Gasteiger partial charge in [0.05, 0.1) is 17.3 Å². The summed E-state index contributed by atoms with van der Waals surface area (Å²) in [6.45, 7) is 5.65. The maximum Gasteiger partial charge on any atom is 0.236 e. The number of pyridine rings is 1. The van der Waals surface area contributed by atoms with Gasteiger partial charge in [-0.2, -0.15) is 0 Å². The molecule has 0 aromatic carbocycles. The molecule has 0 bridgehead atoms. The third kappa shape index (κ3) is 3.84. The molecule has 5 nitrogen and oxygen atoms in total. The lowest BCUT2D eigenvalue weighted by Gasteiger charge is -2.31. The second-order valence-electron chi connectivity index (χ2n) is 5.08. The summed E-state index contributed by atoms with van der Waals surface area (Å²) in [6, 6.07) is 3.75. The van der Waals surface area contributed by atoms with Crippen molar-refractivity contribution >= 4 is 23.3 Å². The first kappa shape index (κ1) is 15.1. The highest BCUT2D eigenvalue weighted by Gasteiger charge is 2.21. The molecule has 1 N–H and O–H groups in total. The number of likely N-dealkylation sites (N-methyl/N-ethyl adjacent to an activating group) is 1. The first-order chi connectivity index (χ1) is 9.60. The molecule has 1 aromatic heterocycles. The van der Waals surface area contributed by atoms with Crippen LogP contribution in [0.25, 0.3) is 0 Å². The van der Waals surface area contributed by atoms with Crippen LogP contribution in [-0.4, -0.2) is 53.9 Å². The summed E-state index contributed by atoms with van der Waals surface area (Å²) in [4.78, 5) is 20.1. The molecule has 1 saturated heterocycles. The third-order valence-corrected chi connectivity index (χ3v) is 3.73. The van der Waals surface area contributed by atoms with Crippen LogP contribution in [0.3, 0.4) is 0 Å². The molecule has 2 rings (SSSR count). The number of hydrogen-bond donors (Lipinski definition) is 1. The van der Waals surface area contributed by atoms with Crippen molar-refractivity contribution in [2.45, 2.75) is 19.9 Å². The lowest BCUT2D eigenvalue weighted by atomic mass is 10.2. The van der Waals surface area contributed by atoms with E-state index in [0.717, 1.165) is 37.6 Å². The van der Waals surface area contributed by atoms with Gasteiger partial charge in [-0.05, 0) is 18.6 Å². The highest BCUT2D eigenvalue weighted by Crippen LogP contribution is 2.19. The summed E-state index contributed by atoms with van der Waals surface area (Å²) >= 11 is 6.20. The number of carbonyl (C=O) groups excluding carboxylic acids is 1. The fourth-order valence-corrected chi connectivity index (χ4v) is 2.27. The van der Waals surface area contributed by atoms with E-state index in [1.165, 1.54) is 0 Å². The number of anilines is 1. The molecule has 0 spiro atoms. The zero-order chi connectivity index (χ0) is 14.5. The van der Waals surface area contributed by atoms with Gasteiger partial charge in [0.2, 0.25) is 5.91 Å². The van der Waals surface area contributed by atoms with E-state index >= 15 is 0 Å². The van der Waals surface area contributed by atoms with Crippen molar-refractivity contribution in [1.82, 2.24) is 14.8 Å². The molecule has 0 saturated carbocycles. The predicted molar refractivity (Wildman–Crippen MR) is 80.9 cm³/mol. The van der Waals surface area contributed by atoms with E-state index in [9.17, 15) is 4.79 Å². The zero-order valence-electron chi connectivity index (χ0n) is 12.0. The van der Waals surface area contributed by atoms with Crippen LogP contribution in [0.15, 0.2) is 12.1 Å². The predicted octanol–water partition coefficient (Wildman–Crippen LogP) is 1.83. The third-order valence-electron chi connectivity index (χ3n) is 3.38. The molecule has 0 aliphatic carbocycles. The van der Waals surface area contributed by atoms with Crippen LogP contribution in [-0.2, 0) is 11.3 Å². The number of halogens is 1. The van der Waals surface area contributed by atoms with E-state index in [-0.39, 0.29) is 5.91 Å². The summed E-state index contributed by atoms with van der Waals surface area (Å²) in [7, 11) is 1.83. The molecule has 1 aromatic rings. The van der Waals surface area contributed by atoms with Gasteiger partial charge in [-0.15, -0.1) is 0 Å². The maximum atomic E-state index is 11.7. The highest BCUT2D eigenvalue weighted by atomic mass is 35.5. The lowest BCUT2D eigenvalue weighted by Crippen LogP contribution is -2.48. The normalized spacial score (nSPS) is 16.6. The number of hydrogen-bond acceptors (Lipinski definition) is 4. The SMILES string of the molecule is CCCNc1ccc(Cl)c(CN2CCN(C)C(=O)C2)n1. The van der Waals surface area contributed by atoms with Crippen LogP contribution in [0.4, 0.5) is 5.82 Å². The molecule has 1 aliphatic heterocycles. The Balaban J connectivity index is 2.02. The second-order valence-corrected chi connectivity index (χ2v) is 5.48. The molecular weight excluding hydrogens is 276 g/mol. The Bertz CT molecular complexity index is 480. The van der Waals surface area contributed by atoms with Gasteiger partial charge >= 0.3 is 0 Å². The van der Waals surface area contributed by atoms with E-state index in [0.29, 0.717) is 18.1 Å². The lowest BCUT2D eigenvalue weighted by molar-refractivity contribution is -0.134. The first-order valence-electron chi connectivity index (χ1n) is 6.95. The number of nitrogens with one attached hydrogen (secondary N) is 1. The largest absolute Gasteiger partial charge is 0.370 e. The van der Waals surface area contributed by atoms with Crippen LogP contribution in [0.1, 0.15) is 19.0 Å². The average Bonchev–Trinajstić information content (AvgIpc) is 2.44. The highest BCUT2D eigenvalue weighted by molar-refractivity contribution is 6.31. The van der Waals surface area contributed by atoms with Gasteiger partial charge in [-0.1, -0.05) is 18.5 Å². The van der Waals surface area contributed by atoms with Crippen molar-refractivity contribution in [3.05, 3.63) is 22.8 Å². The number of aromatic nitrogens is 1. The Morgan fingerprint density at radius 1 is 1.40 bits per heavy atom. The monoisotopic (exact) mass is 296 g/mol.